The fraction of sp³-hybridized carbons (Fsp3) is 0.116. The predicted molar refractivity (Wildman–Crippen MR) is 196 cm³/mol. The summed E-state index contributed by atoms with van der Waals surface area (Å²) in [5, 5.41) is 2.25. The Kier molecular flexibility index (Phi) is 8.64. The number of benzene rings is 5. The first-order valence-electron chi connectivity index (χ1n) is 16.2. The van der Waals surface area contributed by atoms with Crippen molar-refractivity contribution < 1.29 is 25.8 Å². The van der Waals surface area contributed by atoms with Crippen LogP contribution in [0.1, 0.15) is 31.9 Å². The van der Waals surface area contributed by atoms with Gasteiger partial charge in [-0.25, -0.2) is 4.98 Å². The molecule has 0 atom stereocenters. The van der Waals surface area contributed by atoms with Gasteiger partial charge in [-0.15, -0.1) is 48.1 Å². The molecule has 2 aromatic heterocycles. The van der Waals surface area contributed by atoms with Gasteiger partial charge in [-0.05, 0) is 71.1 Å². The van der Waals surface area contributed by atoms with Crippen LogP contribution in [0.4, 0.5) is 11.4 Å². The molecule has 8 rings (SSSR count). The Bertz CT molecular complexity index is 2320. The zero-order chi connectivity index (χ0) is 32.8. The van der Waals surface area contributed by atoms with Gasteiger partial charge in [-0.2, -0.15) is 12.1 Å². The maximum atomic E-state index is 6.43. The van der Waals surface area contributed by atoms with Crippen LogP contribution in [-0.4, -0.2) is 9.55 Å². The number of aromatic nitrogens is 2. The van der Waals surface area contributed by atoms with Crippen LogP contribution in [0, 0.1) is 25.7 Å². The number of para-hydroxylation sites is 1. The quantitative estimate of drug-likeness (QED) is 0.157. The third-order valence-corrected chi connectivity index (χ3v) is 8.80. The molecule has 0 saturated carbocycles. The Labute approximate surface area is 302 Å². The van der Waals surface area contributed by atoms with Crippen molar-refractivity contribution in [2.45, 2.75) is 33.1 Å². The minimum atomic E-state index is -0.00149. The zero-order valence-electron chi connectivity index (χ0n) is 27.8. The number of anilines is 2. The fourth-order valence-corrected chi connectivity index (χ4v) is 6.30. The molecule has 49 heavy (non-hydrogen) atoms. The van der Waals surface area contributed by atoms with Crippen LogP contribution in [-0.2, 0) is 26.5 Å². The van der Waals surface area contributed by atoms with E-state index in [9.17, 15) is 0 Å². The van der Waals surface area contributed by atoms with Crippen molar-refractivity contribution in [3.05, 3.63) is 164 Å². The van der Waals surface area contributed by atoms with Crippen LogP contribution in [0.15, 0.2) is 134 Å². The van der Waals surface area contributed by atoms with Crippen molar-refractivity contribution in [1.82, 2.24) is 9.55 Å². The topological polar surface area (TPSA) is 33.5 Å². The monoisotopic (exact) mass is 818 g/mol. The fourth-order valence-electron chi connectivity index (χ4n) is 6.30. The zero-order valence-corrected chi connectivity index (χ0v) is 30.1. The summed E-state index contributed by atoms with van der Waals surface area (Å²) in [5.74, 6) is 2.08. The molecule has 7 aromatic rings. The molecule has 0 saturated heterocycles. The van der Waals surface area contributed by atoms with E-state index in [2.05, 4.69) is 152 Å². The molecule has 0 fully saturated rings. The van der Waals surface area contributed by atoms with Crippen LogP contribution < -0.4 is 14.5 Å². The van der Waals surface area contributed by atoms with Gasteiger partial charge in [0.15, 0.2) is 0 Å². The van der Waals surface area contributed by atoms with Gasteiger partial charge in [-0.3, -0.25) is 0 Å². The third kappa shape index (κ3) is 6.27. The minimum absolute atomic E-state index is 0. The summed E-state index contributed by atoms with van der Waals surface area (Å²) >= 11 is 0. The van der Waals surface area contributed by atoms with Crippen LogP contribution in [0.25, 0.3) is 38.8 Å². The molecule has 0 amide bonds. The van der Waals surface area contributed by atoms with Gasteiger partial charge in [0, 0.05) is 55.5 Å². The van der Waals surface area contributed by atoms with Crippen molar-refractivity contribution in [3.63, 3.8) is 0 Å². The smallest absolute Gasteiger partial charge is 0.135 e. The number of hydrogen-bond acceptors (Lipinski definition) is 4. The summed E-state index contributed by atoms with van der Waals surface area (Å²) in [5.41, 5.74) is 8.78. The molecule has 0 N–H and O–H groups in total. The SMILES string of the molecule is Cc1ccc(-c2ccccc2)c(N2C=CN(c3[c-]c(Oc4[c-]c5c(cc4)c4ccccc4n5-c4cc(C(C)(C)C)ccn4)ccc3)[CH-]2)c1.[Pt]. The van der Waals surface area contributed by atoms with E-state index in [4.69, 9.17) is 9.72 Å². The average molecular weight is 819 g/mol. The largest absolute Gasteiger partial charge is 0.509 e. The van der Waals surface area contributed by atoms with E-state index in [0.717, 1.165) is 39.0 Å². The number of aryl methyl sites for hydroxylation is 1. The van der Waals surface area contributed by atoms with Crippen molar-refractivity contribution in [2.75, 3.05) is 9.80 Å². The number of hydrogen-bond donors (Lipinski definition) is 0. The molecule has 0 aliphatic carbocycles. The van der Waals surface area contributed by atoms with E-state index in [1.807, 2.05) is 42.7 Å². The molecule has 6 heteroatoms. The molecular formula is C43H35N4OPt-3. The van der Waals surface area contributed by atoms with Gasteiger partial charge in [0.05, 0.1) is 0 Å². The van der Waals surface area contributed by atoms with E-state index in [-0.39, 0.29) is 26.5 Å². The molecule has 3 heterocycles. The second kappa shape index (κ2) is 13.1. The van der Waals surface area contributed by atoms with E-state index in [0.29, 0.717) is 11.5 Å². The Morgan fingerprint density at radius 1 is 0.714 bits per heavy atom. The molecule has 0 radical (unpaired) electrons. The van der Waals surface area contributed by atoms with Crippen molar-refractivity contribution >= 4 is 33.2 Å². The summed E-state index contributed by atoms with van der Waals surface area (Å²) in [4.78, 5) is 9.01. The van der Waals surface area contributed by atoms with Gasteiger partial charge in [0.2, 0.25) is 0 Å². The summed E-state index contributed by atoms with van der Waals surface area (Å²) in [6, 6.07) is 46.8. The average Bonchev–Trinajstić information content (AvgIpc) is 3.72. The molecule has 1 aliphatic rings. The molecule has 5 aromatic carbocycles. The summed E-state index contributed by atoms with van der Waals surface area (Å²) in [6.07, 6.45) is 6.01. The first-order valence-corrected chi connectivity index (χ1v) is 16.2. The van der Waals surface area contributed by atoms with Gasteiger partial charge in [-0.1, -0.05) is 87.0 Å². The molecule has 0 bridgehead atoms. The van der Waals surface area contributed by atoms with Gasteiger partial charge in [0.25, 0.3) is 0 Å². The molecule has 5 nitrogen and oxygen atoms in total. The summed E-state index contributed by atoms with van der Waals surface area (Å²) in [7, 11) is 0. The van der Waals surface area contributed by atoms with Crippen LogP contribution in [0.2, 0.25) is 0 Å². The Morgan fingerprint density at radius 2 is 1.49 bits per heavy atom. The Balaban J connectivity index is 0.00000378. The van der Waals surface area contributed by atoms with Crippen molar-refractivity contribution in [2.24, 2.45) is 0 Å². The van der Waals surface area contributed by atoms with Crippen LogP contribution in [0.5, 0.6) is 11.5 Å². The maximum absolute atomic E-state index is 6.43. The summed E-state index contributed by atoms with van der Waals surface area (Å²) in [6.45, 7) is 10.9. The van der Waals surface area contributed by atoms with E-state index in [1.54, 1.807) is 0 Å². The molecular weight excluding hydrogens is 784 g/mol. The first kappa shape index (κ1) is 32.4. The summed E-state index contributed by atoms with van der Waals surface area (Å²) < 4.78 is 8.61. The molecule has 246 valence electrons. The second-order valence-corrected chi connectivity index (χ2v) is 13.2. The minimum Gasteiger partial charge on any atom is -0.509 e. The van der Waals surface area contributed by atoms with E-state index < -0.39 is 0 Å². The molecule has 0 spiro atoms. The van der Waals surface area contributed by atoms with Crippen LogP contribution in [0.3, 0.4) is 0 Å². The second-order valence-electron chi connectivity index (χ2n) is 13.2. The normalized spacial score (nSPS) is 12.9. The van der Waals surface area contributed by atoms with E-state index in [1.165, 1.54) is 22.3 Å². The van der Waals surface area contributed by atoms with Gasteiger partial charge < -0.3 is 19.1 Å². The maximum Gasteiger partial charge on any atom is 0.135 e. The number of ether oxygens (including phenoxy) is 1. The van der Waals surface area contributed by atoms with E-state index >= 15 is 0 Å². The number of nitrogens with zero attached hydrogens (tertiary/aromatic N) is 4. The first-order chi connectivity index (χ1) is 23.3. The number of fused-ring (bicyclic) bond motifs is 3. The third-order valence-electron chi connectivity index (χ3n) is 8.80. The number of pyridine rings is 1. The van der Waals surface area contributed by atoms with Gasteiger partial charge in [0.1, 0.15) is 5.82 Å². The Hall–Kier alpha value is -5.12. The van der Waals surface area contributed by atoms with Crippen molar-refractivity contribution in [1.29, 1.82) is 0 Å². The van der Waals surface area contributed by atoms with Crippen LogP contribution >= 0.6 is 0 Å². The molecule has 1 aliphatic heterocycles. The predicted octanol–water partition coefficient (Wildman–Crippen LogP) is 10.8. The van der Waals surface area contributed by atoms with Crippen molar-refractivity contribution in [3.8, 4) is 28.4 Å². The molecule has 0 unspecified atom stereocenters. The number of rotatable bonds is 6. The van der Waals surface area contributed by atoms with Gasteiger partial charge >= 0.3 is 0 Å². The Morgan fingerprint density at radius 3 is 2.33 bits per heavy atom. The standard InChI is InChI=1S/C43H35N4O.Pt/c1-30-17-19-36(31-11-6-5-7-12-31)40(25-30)46-24-23-45(29-46)33-13-10-14-34(27-33)48-35-18-20-38-37-15-8-9-16-39(37)47(41(38)28-35)42-26-32(21-22-44-42)43(2,3)4;/h5-26,29H,1-4H3;/q-3;.